The van der Waals surface area contributed by atoms with Crippen LogP contribution in [0.3, 0.4) is 0 Å². The average molecular weight is 407 g/mol. The Hall–Kier alpha value is -3.94. The Bertz CT molecular complexity index is 1030. The van der Waals surface area contributed by atoms with E-state index in [-0.39, 0.29) is 19.0 Å². The minimum Gasteiger partial charge on any atom is -0.489 e. The van der Waals surface area contributed by atoms with Gasteiger partial charge in [-0.3, -0.25) is 0 Å². The highest BCUT2D eigenvalue weighted by Gasteiger charge is 2.17. The van der Waals surface area contributed by atoms with Crippen LogP contribution in [0.25, 0.3) is 6.08 Å². The highest BCUT2D eigenvalue weighted by molar-refractivity contribution is 5.87. The SMILES string of the molecule is Cc1ncc([N+](=O)[O-])n1CCOC(=O)/C=C/c1ccc(OCc2ccccc2)cc1. The minimum absolute atomic E-state index is 0.00742. The standard InChI is InChI=1S/C22H21N3O5/c1-17-23-15-21(25(27)28)24(17)13-14-29-22(26)12-9-18-7-10-20(11-8-18)30-16-19-5-3-2-4-6-19/h2-12,15H,13-14,16H2,1H3/b12-9+. The number of aryl methyl sites for hydroxylation is 1. The van der Waals surface area contributed by atoms with E-state index in [0.717, 1.165) is 16.9 Å². The van der Waals surface area contributed by atoms with Gasteiger partial charge in [0.1, 0.15) is 31.7 Å². The molecule has 0 saturated heterocycles. The summed E-state index contributed by atoms with van der Waals surface area (Å²) in [6, 6.07) is 17.2. The molecule has 0 fully saturated rings. The van der Waals surface area contributed by atoms with Crippen LogP contribution in [0.2, 0.25) is 0 Å². The van der Waals surface area contributed by atoms with Gasteiger partial charge in [-0.2, -0.15) is 0 Å². The lowest BCUT2D eigenvalue weighted by Crippen LogP contribution is -2.12. The first-order valence-electron chi connectivity index (χ1n) is 9.31. The van der Waals surface area contributed by atoms with Gasteiger partial charge in [0.25, 0.3) is 0 Å². The number of imidazole rings is 1. The van der Waals surface area contributed by atoms with Gasteiger partial charge < -0.3 is 19.6 Å². The monoisotopic (exact) mass is 407 g/mol. The van der Waals surface area contributed by atoms with E-state index >= 15 is 0 Å². The summed E-state index contributed by atoms with van der Waals surface area (Å²) in [7, 11) is 0. The molecule has 0 amide bonds. The van der Waals surface area contributed by atoms with E-state index in [1.54, 1.807) is 13.0 Å². The smallest absolute Gasteiger partial charge is 0.342 e. The molecule has 30 heavy (non-hydrogen) atoms. The van der Waals surface area contributed by atoms with Crippen molar-refractivity contribution >= 4 is 17.9 Å². The predicted octanol–water partition coefficient (Wildman–Crippen LogP) is 3.94. The molecule has 0 radical (unpaired) electrons. The Morgan fingerprint density at radius 1 is 1.17 bits per heavy atom. The first-order chi connectivity index (χ1) is 14.5. The van der Waals surface area contributed by atoms with E-state index in [1.165, 1.54) is 16.8 Å². The average Bonchev–Trinajstić information content (AvgIpc) is 3.13. The zero-order chi connectivity index (χ0) is 21.3. The molecule has 0 aliphatic rings. The summed E-state index contributed by atoms with van der Waals surface area (Å²) in [4.78, 5) is 26.2. The van der Waals surface area contributed by atoms with Crippen LogP contribution in [-0.4, -0.2) is 27.1 Å². The fourth-order valence-electron chi connectivity index (χ4n) is 2.74. The van der Waals surface area contributed by atoms with Gasteiger partial charge >= 0.3 is 11.8 Å². The molecule has 154 valence electrons. The Balaban J connectivity index is 1.45. The molecule has 0 saturated carbocycles. The molecule has 0 aliphatic heterocycles. The van der Waals surface area contributed by atoms with Crippen molar-refractivity contribution in [3.63, 3.8) is 0 Å². The number of hydrogen-bond acceptors (Lipinski definition) is 6. The molecule has 8 heteroatoms. The molecule has 0 unspecified atom stereocenters. The van der Waals surface area contributed by atoms with Gasteiger partial charge in [0.05, 0.1) is 0 Å². The zero-order valence-electron chi connectivity index (χ0n) is 16.4. The summed E-state index contributed by atoms with van der Waals surface area (Å²) in [6.45, 7) is 2.31. The number of nitro groups is 1. The summed E-state index contributed by atoms with van der Waals surface area (Å²) in [6.07, 6.45) is 4.13. The van der Waals surface area contributed by atoms with E-state index in [1.807, 2.05) is 54.6 Å². The maximum Gasteiger partial charge on any atom is 0.342 e. The second-order valence-electron chi connectivity index (χ2n) is 6.42. The second-order valence-corrected chi connectivity index (χ2v) is 6.42. The maximum atomic E-state index is 11.9. The van der Waals surface area contributed by atoms with Crippen molar-refractivity contribution in [2.24, 2.45) is 0 Å². The third-order valence-electron chi connectivity index (χ3n) is 4.32. The third-order valence-corrected chi connectivity index (χ3v) is 4.32. The van der Waals surface area contributed by atoms with E-state index in [0.29, 0.717) is 12.4 Å². The molecule has 2 aromatic carbocycles. The maximum absolute atomic E-state index is 11.9. The number of rotatable bonds is 9. The number of nitrogens with zero attached hydrogens (tertiary/aromatic N) is 3. The fourth-order valence-corrected chi connectivity index (χ4v) is 2.74. The van der Waals surface area contributed by atoms with E-state index in [9.17, 15) is 14.9 Å². The summed E-state index contributed by atoms with van der Waals surface area (Å²) >= 11 is 0. The lowest BCUT2D eigenvalue weighted by atomic mass is 10.2. The fraction of sp³-hybridized carbons (Fsp3) is 0.182. The first kappa shape index (κ1) is 20.8. The number of carbonyl (C=O) groups excluding carboxylic acids is 1. The van der Waals surface area contributed by atoms with Crippen molar-refractivity contribution in [3.8, 4) is 5.75 Å². The lowest BCUT2D eigenvalue weighted by Gasteiger charge is -2.06. The topological polar surface area (TPSA) is 96.5 Å². The van der Waals surface area contributed by atoms with Gasteiger partial charge in [-0.1, -0.05) is 42.5 Å². The second kappa shape index (κ2) is 10.0. The molecule has 0 spiro atoms. The summed E-state index contributed by atoms with van der Waals surface area (Å²) in [5.74, 6) is 0.562. The third kappa shape index (κ3) is 5.78. The number of esters is 1. The van der Waals surface area contributed by atoms with Crippen molar-refractivity contribution in [3.05, 3.63) is 93.9 Å². The number of ether oxygens (including phenoxy) is 2. The molecular formula is C22H21N3O5. The van der Waals surface area contributed by atoms with Crippen LogP contribution in [-0.2, 0) is 22.7 Å². The van der Waals surface area contributed by atoms with Crippen LogP contribution in [0.1, 0.15) is 17.0 Å². The van der Waals surface area contributed by atoms with E-state index in [4.69, 9.17) is 9.47 Å². The van der Waals surface area contributed by atoms with Crippen molar-refractivity contribution in [2.75, 3.05) is 6.61 Å². The lowest BCUT2D eigenvalue weighted by molar-refractivity contribution is -0.392. The summed E-state index contributed by atoms with van der Waals surface area (Å²) < 4.78 is 12.2. The Morgan fingerprint density at radius 3 is 2.60 bits per heavy atom. The van der Waals surface area contributed by atoms with Gasteiger partial charge in [0.15, 0.2) is 5.82 Å². The van der Waals surface area contributed by atoms with Gasteiger partial charge in [-0.25, -0.2) is 14.3 Å². The van der Waals surface area contributed by atoms with Crippen LogP contribution in [0.4, 0.5) is 5.82 Å². The predicted molar refractivity (Wildman–Crippen MR) is 111 cm³/mol. The van der Waals surface area contributed by atoms with E-state index < -0.39 is 10.9 Å². The van der Waals surface area contributed by atoms with Crippen LogP contribution in [0.5, 0.6) is 5.75 Å². The minimum atomic E-state index is -0.528. The molecule has 3 rings (SSSR count). The molecule has 0 aliphatic carbocycles. The normalized spacial score (nSPS) is 10.8. The molecule has 0 bridgehead atoms. The summed E-state index contributed by atoms with van der Waals surface area (Å²) in [5.41, 5.74) is 1.90. The number of hydrogen-bond donors (Lipinski definition) is 0. The van der Waals surface area contributed by atoms with Gasteiger partial charge in [0.2, 0.25) is 0 Å². The molecule has 0 atom stereocenters. The molecule has 8 nitrogen and oxygen atoms in total. The molecule has 0 N–H and O–H groups in total. The largest absolute Gasteiger partial charge is 0.489 e. The molecule has 3 aromatic rings. The van der Waals surface area contributed by atoms with Crippen molar-refractivity contribution < 1.29 is 19.2 Å². The Labute approximate surface area is 173 Å². The van der Waals surface area contributed by atoms with Crippen LogP contribution >= 0.6 is 0 Å². The Kier molecular flexibility index (Phi) is 6.94. The molecule has 1 heterocycles. The van der Waals surface area contributed by atoms with Crippen LogP contribution in [0, 0.1) is 17.0 Å². The van der Waals surface area contributed by atoms with Gasteiger partial charge in [0, 0.05) is 13.0 Å². The molecular weight excluding hydrogens is 386 g/mol. The van der Waals surface area contributed by atoms with Crippen LogP contribution < -0.4 is 4.74 Å². The number of aromatic nitrogens is 2. The molecule has 1 aromatic heterocycles. The first-order valence-corrected chi connectivity index (χ1v) is 9.31. The highest BCUT2D eigenvalue weighted by Crippen LogP contribution is 2.15. The van der Waals surface area contributed by atoms with Gasteiger partial charge in [-0.15, -0.1) is 0 Å². The number of carbonyl (C=O) groups is 1. The highest BCUT2D eigenvalue weighted by atomic mass is 16.6. The van der Waals surface area contributed by atoms with Crippen LogP contribution in [0.15, 0.2) is 66.9 Å². The zero-order valence-corrected chi connectivity index (χ0v) is 16.4. The summed E-state index contributed by atoms with van der Waals surface area (Å²) in [5, 5.41) is 10.9. The quantitative estimate of drug-likeness (QED) is 0.231. The number of benzene rings is 2. The van der Waals surface area contributed by atoms with E-state index in [2.05, 4.69) is 4.98 Å². The van der Waals surface area contributed by atoms with Crippen molar-refractivity contribution in [1.82, 2.24) is 9.55 Å². The van der Waals surface area contributed by atoms with Gasteiger partial charge in [-0.05, 0) is 34.3 Å². The Morgan fingerprint density at radius 2 is 1.90 bits per heavy atom. The van der Waals surface area contributed by atoms with Crippen molar-refractivity contribution in [2.45, 2.75) is 20.1 Å². The van der Waals surface area contributed by atoms with Crippen molar-refractivity contribution in [1.29, 1.82) is 0 Å².